The summed E-state index contributed by atoms with van der Waals surface area (Å²) in [7, 11) is 0. The maximum atomic E-state index is 13.0. The van der Waals surface area contributed by atoms with Gasteiger partial charge in [-0.15, -0.1) is 0 Å². The Balaban J connectivity index is 1.46. The van der Waals surface area contributed by atoms with Crippen LogP contribution in [0, 0.1) is 0 Å². The van der Waals surface area contributed by atoms with Crippen molar-refractivity contribution in [3.63, 3.8) is 0 Å². The normalized spacial score (nSPS) is 13.3. The van der Waals surface area contributed by atoms with Crippen LogP contribution in [0.3, 0.4) is 0 Å². The van der Waals surface area contributed by atoms with Crippen LogP contribution in [0.5, 0.6) is 0 Å². The van der Waals surface area contributed by atoms with Gasteiger partial charge in [-0.3, -0.25) is 14.5 Å². The number of aromatic nitrogens is 1. The average molecular weight is 433 g/mol. The molecular formula is C24H21ClN4O2. The predicted molar refractivity (Wildman–Crippen MR) is 122 cm³/mol. The SMILES string of the molecule is O=C(CN1C(=O)CC(c2ccccc2)=Nc2cccnc21)NCCc1ccc(Cl)cc1. The third kappa shape index (κ3) is 5.16. The smallest absolute Gasteiger partial charge is 0.240 e. The van der Waals surface area contributed by atoms with Crippen LogP contribution in [0.15, 0.2) is 77.9 Å². The van der Waals surface area contributed by atoms with Crippen molar-refractivity contribution in [1.29, 1.82) is 0 Å². The molecule has 156 valence electrons. The largest absolute Gasteiger partial charge is 0.354 e. The van der Waals surface area contributed by atoms with E-state index in [1.807, 2.05) is 54.6 Å². The molecule has 0 spiro atoms. The minimum absolute atomic E-state index is 0.0957. The number of nitrogens with zero attached hydrogens (tertiary/aromatic N) is 3. The zero-order chi connectivity index (χ0) is 21.6. The standard InChI is InChI=1S/C24H21ClN4O2/c25-19-10-8-17(9-11-19)12-14-26-22(30)16-29-23(31)15-21(18-5-2-1-3-6-18)28-20-7-4-13-27-24(20)29/h1-11,13H,12,14-16H2,(H,26,30). The molecule has 1 N–H and O–H groups in total. The first-order valence-corrected chi connectivity index (χ1v) is 10.4. The number of benzene rings is 2. The van der Waals surface area contributed by atoms with Crippen molar-refractivity contribution < 1.29 is 9.59 Å². The van der Waals surface area contributed by atoms with Crippen LogP contribution in [-0.4, -0.2) is 35.6 Å². The van der Waals surface area contributed by atoms with Gasteiger partial charge in [-0.2, -0.15) is 0 Å². The Kier molecular flexibility index (Phi) is 6.38. The summed E-state index contributed by atoms with van der Waals surface area (Å²) >= 11 is 5.90. The fourth-order valence-electron chi connectivity index (χ4n) is 3.38. The minimum atomic E-state index is -0.248. The highest BCUT2D eigenvalue weighted by atomic mass is 35.5. The van der Waals surface area contributed by atoms with Crippen LogP contribution < -0.4 is 10.2 Å². The molecule has 3 aromatic rings. The Morgan fingerprint density at radius 2 is 1.81 bits per heavy atom. The topological polar surface area (TPSA) is 74.7 Å². The van der Waals surface area contributed by atoms with Crippen LogP contribution in [0.4, 0.5) is 11.5 Å². The van der Waals surface area contributed by atoms with Gasteiger partial charge in [0.2, 0.25) is 11.8 Å². The van der Waals surface area contributed by atoms with E-state index in [-0.39, 0.29) is 24.8 Å². The molecule has 0 radical (unpaired) electrons. The van der Waals surface area contributed by atoms with Crippen molar-refractivity contribution in [3.8, 4) is 0 Å². The molecule has 6 nitrogen and oxygen atoms in total. The highest BCUT2D eigenvalue weighted by Crippen LogP contribution is 2.30. The van der Waals surface area contributed by atoms with Crippen molar-refractivity contribution in [2.75, 3.05) is 18.0 Å². The van der Waals surface area contributed by atoms with Crippen LogP contribution in [0.25, 0.3) is 0 Å². The second-order valence-corrected chi connectivity index (χ2v) is 7.59. The van der Waals surface area contributed by atoms with Crippen molar-refractivity contribution in [1.82, 2.24) is 10.3 Å². The van der Waals surface area contributed by atoms with E-state index < -0.39 is 0 Å². The van der Waals surface area contributed by atoms with Gasteiger partial charge in [-0.1, -0.05) is 54.1 Å². The first-order chi connectivity index (χ1) is 15.1. The molecule has 1 aromatic heterocycles. The number of pyridine rings is 1. The van der Waals surface area contributed by atoms with E-state index in [1.54, 1.807) is 18.3 Å². The minimum Gasteiger partial charge on any atom is -0.354 e. The van der Waals surface area contributed by atoms with Gasteiger partial charge in [0.15, 0.2) is 5.82 Å². The summed E-state index contributed by atoms with van der Waals surface area (Å²) in [4.78, 5) is 36.0. The third-order valence-corrected chi connectivity index (χ3v) is 5.21. The molecule has 1 aliphatic rings. The second-order valence-electron chi connectivity index (χ2n) is 7.15. The van der Waals surface area contributed by atoms with Crippen molar-refractivity contribution in [3.05, 3.63) is 89.1 Å². The Bertz CT molecular complexity index is 1110. The van der Waals surface area contributed by atoms with Crippen molar-refractivity contribution >= 4 is 40.6 Å². The zero-order valence-corrected chi connectivity index (χ0v) is 17.5. The Morgan fingerprint density at radius 1 is 1.03 bits per heavy atom. The number of carbonyl (C=O) groups is 2. The summed E-state index contributed by atoms with van der Waals surface area (Å²) in [5, 5.41) is 3.55. The van der Waals surface area contributed by atoms with E-state index in [1.165, 1.54) is 4.90 Å². The van der Waals surface area contributed by atoms with Gasteiger partial charge in [-0.05, 0) is 41.8 Å². The molecule has 0 unspecified atom stereocenters. The lowest BCUT2D eigenvalue weighted by Crippen LogP contribution is -2.42. The number of hydrogen-bond donors (Lipinski definition) is 1. The third-order valence-electron chi connectivity index (χ3n) is 4.95. The van der Waals surface area contributed by atoms with Crippen LogP contribution >= 0.6 is 11.6 Å². The number of rotatable bonds is 6. The molecular weight excluding hydrogens is 412 g/mol. The first kappa shape index (κ1) is 20.8. The Morgan fingerprint density at radius 3 is 2.58 bits per heavy atom. The number of aliphatic imine (C=N–C) groups is 1. The molecule has 1 aliphatic heterocycles. The second kappa shape index (κ2) is 9.53. The van der Waals surface area contributed by atoms with Gasteiger partial charge in [0.25, 0.3) is 0 Å². The molecule has 0 saturated carbocycles. The van der Waals surface area contributed by atoms with E-state index in [4.69, 9.17) is 11.6 Å². The number of fused-ring (bicyclic) bond motifs is 1. The molecule has 2 aromatic carbocycles. The Labute approximate surface area is 185 Å². The predicted octanol–water partition coefficient (Wildman–Crippen LogP) is 3.95. The van der Waals surface area contributed by atoms with E-state index in [0.29, 0.717) is 35.2 Å². The van der Waals surface area contributed by atoms with Crippen LogP contribution in [-0.2, 0) is 16.0 Å². The summed E-state index contributed by atoms with van der Waals surface area (Å²) < 4.78 is 0. The maximum absolute atomic E-state index is 13.0. The molecule has 2 amide bonds. The van der Waals surface area contributed by atoms with Gasteiger partial charge in [0.1, 0.15) is 12.2 Å². The summed E-state index contributed by atoms with van der Waals surface area (Å²) in [6.45, 7) is 0.352. The van der Waals surface area contributed by atoms with Crippen LogP contribution in [0.2, 0.25) is 5.02 Å². The maximum Gasteiger partial charge on any atom is 0.240 e. The van der Waals surface area contributed by atoms with Crippen molar-refractivity contribution in [2.45, 2.75) is 12.8 Å². The quantitative estimate of drug-likeness (QED) is 0.640. The van der Waals surface area contributed by atoms with E-state index >= 15 is 0 Å². The number of hydrogen-bond acceptors (Lipinski definition) is 4. The van der Waals surface area contributed by atoms with Crippen LogP contribution in [0.1, 0.15) is 17.5 Å². The number of carbonyl (C=O) groups excluding carboxylic acids is 2. The molecule has 2 heterocycles. The van der Waals surface area contributed by atoms with Gasteiger partial charge in [-0.25, -0.2) is 9.98 Å². The van der Waals surface area contributed by atoms with E-state index in [2.05, 4.69) is 15.3 Å². The summed E-state index contributed by atoms with van der Waals surface area (Å²) in [5.41, 5.74) is 3.18. The number of anilines is 1. The molecule has 0 aliphatic carbocycles. The molecule has 7 heteroatoms. The molecule has 31 heavy (non-hydrogen) atoms. The van der Waals surface area contributed by atoms with Gasteiger partial charge in [0.05, 0.1) is 12.1 Å². The lowest BCUT2D eigenvalue weighted by Gasteiger charge is -2.20. The van der Waals surface area contributed by atoms with Gasteiger partial charge >= 0.3 is 0 Å². The fraction of sp³-hybridized carbons (Fsp3) is 0.167. The highest BCUT2D eigenvalue weighted by Gasteiger charge is 2.27. The summed E-state index contributed by atoms with van der Waals surface area (Å²) in [5.74, 6) is -0.0683. The molecule has 0 bridgehead atoms. The number of halogens is 1. The number of amides is 2. The highest BCUT2D eigenvalue weighted by molar-refractivity contribution is 6.30. The zero-order valence-electron chi connectivity index (χ0n) is 16.8. The Hall–Kier alpha value is -3.51. The molecule has 0 atom stereocenters. The molecule has 4 rings (SSSR count). The average Bonchev–Trinajstić information content (AvgIpc) is 2.92. The molecule has 0 saturated heterocycles. The summed E-state index contributed by atoms with van der Waals surface area (Å²) in [6.07, 6.45) is 2.37. The number of nitrogens with one attached hydrogen (secondary N) is 1. The van der Waals surface area contributed by atoms with E-state index in [0.717, 1.165) is 11.1 Å². The lowest BCUT2D eigenvalue weighted by molar-refractivity contribution is -0.123. The lowest BCUT2D eigenvalue weighted by atomic mass is 10.1. The van der Waals surface area contributed by atoms with E-state index in [9.17, 15) is 9.59 Å². The van der Waals surface area contributed by atoms with Gasteiger partial charge < -0.3 is 5.32 Å². The fourth-order valence-corrected chi connectivity index (χ4v) is 3.51. The molecule has 0 fully saturated rings. The van der Waals surface area contributed by atoms with Crippen molar-refractivity contribution in [2.24, 2.45) is 4.99 Å². The first-order valence-electron chi connectivity index (χ1n) is 9.99. The summed E-state index contributed by atoms with van der Waals surface area (Å²) in [6, 6.07) is 20.6. The van der Waals surface area contributed by atoms with Gasteiger partial charge in [0, 0.05) is 17.8 Å². The monoisotopic (exact) mass is 432 g/mol.